The van der Waals surface area contributed by atoms with E-state index < -0.39 is 0 Å². The third-order valence-electron chi connectivity index (χ3n) is 5.44. The van der Waals surface area contributed by atoms with Crippen LogP contribution in [0.5, 0.6) is 17.2 Å². The van der Waals surface area contributed by atoms with Crippen molar-refractivity contribution in [1.82, 2.24) is 9.78 Å². The van der Waals surface area contributed by atoms with Crippen LogP contribution in [0, 0.1) is 0 Å². The number of carbonyl (C=O) groups excluding carboxylic acids is 1. The molecule has 188 valence electrons. The van der Waals surface area contributed by atoms with E-state index in [9.17, 15) is 4.79 Å². The van der Waals surface area contributed by atoms with Gasteiger partial charge in [0.25, 0.3) is 5.91 Å². The van der Waals surface area contributed by atoms with Crippen LogP contribution in [-0.2, 0) is 19.6 Å². The molecule has 0 radical (unpaired) electrons. The number of hydrogen-bond donors (Lipinski definition) is 1. The molecule has 1 amide bonds. The Morgan fingerprint density at radius 2 is 1.67 bits per heavy atom. The maximum absolute atomic E-state index is 12.6. The maximum Gasteiger partial charge on any atom is 0.291 e. The van der Waals surface area contributed by atoms with Crippen LogP contribution in [0.4, 0.5) is 5.69 Å². The smallest absolute Gasteiger partial charge is 0.291 e. The Morgan fingerprint density at radius 3 is 2.42 bits per heavy atom. The van der Waals surface area contributed by atoms with Gasteiger partial charge in [-0.25, -0.2) is 0 Å². The van der Waals surface area contributed by atoms with Gasteiger partial charge in [0.1, 0.15) is 18.1 Å². The fourth-order valence-corrected chi connectivity index (χ4v) is 3.64. The predicted molar refractivity (Wildman–Crippen MR) is 137 cm³/mol. The zero-order valence-electron chi connectivity index (χ0n) is 20.8. The SMILES string of the molecule is CCOc1ccc(Cn2cc(NC(=O)c3ccc(COc4ccc(CC)cc4)o3)cn2)cc1OCC. The van der Waals surface area contributed by atoms with Gasteiger partial charge in [-0.15, -0.1) is 0 Å². The van der Waals surface area contributed by atoms with Gasteiger partial charge in [-0.3, -0.25) is 9.48 Å². The number of nitrogens with zero attached hydrogens (tertiary/aromatic N) is 2. The lowest BCUT2D eigenvalue weighted by atomic mass is 10.2. The average Bonchev–Trinajstić information content (AvgIpc) is 3.54. The molecular formula is C28H31N3O5. The number of aryl methyl sites for hydroxylation is 1. The fourth-order valence-electron chi connectivity index (χ4n) is 3.64. The number of nitrogens with one attached hydrogen (secondary N) is 1. The molecule has 0 aliphatic carbocycles. The van der Waals surface area contributed by atoms with Crippen LogP contribution in [0.15, 0.2) is 71.4 Å². The van der Waals surface area contributed by atoms with E-state index in [1.807, 2.05) is 56.3 Å². The summed E-state index contributed by atoms with van der Waals surface area (Å²) in [7, 11) is 0. The Kier molecular flexibility index (Phi) is 8.28. The molecule has 0 atom stereocenters. The number of rotatable bonds is 12. The summed E-state index contributed by atoms with van der Waals surface area (Å²) in [5.41, 5.74) is 2.82. The molecule has 0 saturated heterocycles. The zero-order valence-corrected chi connectivity index (χ0v) is 20.8. The molecule has 0 aliphatic heterocycles. The number of furan rings is 1. The van der Waals surface area contributed by atoms with Crippen molar-refractivity contribution >= 4 is 11.6 Å². The number of carbonyl (C=O) groups is 1. The number of ether oxygens (including phenoxy) is 3. The van der Waals surface area contributed by atoms with Gasteiger partial charge in [-0.1, -0.05) is 25.1 Å². The fraction of sp³-hybridized carbons (Fsp3) is 0.286. The number of benzene rings is 2. The molecule has 8 heteroatoms. The minimum Gasteiger partial charge on any atom is -0.490 e. The molecule has 4 rings (SSSR count). The molecule has 0 unspecified atom stereocenters. The molecule has 0 aliphatic rings. The third-order valence-corrected chi connectivity index (χ3v) is 5.44. The summed E-state index contributed by atoms with van der Waals surface area (Å²) in [6.07, 6.45) is 4.34. The van der Waals surface area contributed by atoms with Crippen molar-refractivity contribution in [2.24, 2.45) is 0 Å². The summed E-state index contributed by atoms with van der Waals surface area (Å²) < 4.78 is 24.5. The van der Waals surface area contributed by atoms with Crippen molar-refractivity contribution in [3.63, 3.8) is 0 Å². The van der Waals surface area contributed by atoms with Crippen LogP contribution in [0.3, 0.4) is 0 Å². The number of aromatic nitrogens is 2. The van der Waals surface area contributed by atoms with Crippen LogP contribution >= 0.6 is 0 Å². The van der Waals surface area contributed by atoms with Gasteiger partial charge >= 0.3 is 0 Å². The lowest BCUT2D eigenvalue weighted by Gasteiger charge is -2.12. The van der Waals surface area contributed by atoms with Crippen LogP contribution in [0.2, 0.25) is 0 Å². The Labute approximate surface area is 210 Å². The first-order valence-electron chi connectivity index (χ1n) is 12.1. The van der Waals surface area contributed by atoms with E-state index in [0.29, 0.717) is 42.7 Å². The molecule has 2 heterocycles. The Morgan fingerprint density at radius 1 is 0.917 bits per heavy atom. The van der Waals surface area contributed by atoms with E-state index in [1.165, 1.54) is 5.56 Å². The minimum atomic E-state index is -0.354. The highest BCUT2D eigenvalue weighted by Gasteiger charge is 2.14. The van der Waals surface area contributed by atoms with Gasteiger partial charge in [0.15, 0.2) is 17.3 Å². The van der Waals surface area contributed by atoms with Crippen molar-refractivity contribution in [1.29, 1.82) is 0 Å². The first-order chi connectivity index (χ1) is 17.6. The molecule has 1 N–H and O–H groups in total. The van der Waals surface area contributed by atoms with Gasteiger partial charge in [-0.05, 0) is 67.8 Å². The number of anilines is 1. The summed E-state index contributed by atoms with van der Waals surface area (Å²) >= 11 is 0. The summed E-state index contributed by atoms with van der Waals surface area (Å²) in [5, 5.41) is 7.17. The van der Waals surface area contributed by atoms with E-state index in [2.05, 4.69) is 17.3 Å². The monoisotopic (exact) mass is 489 g/mol. The summed E-state index contributed by atoms with van der Waals surface area (Å²) in [6, 6.07) is 17.1. The second-order valence-electron chi connectivity index (χ2n) is 8.08. The van der Waals surface area contributed by atoms with E-state index in [1.54, 1.807) is 29.2 Å². The Hall–Kier alpha value is -4.20. The maximum atomic E-state index is 12.6. The largest absolute Gasteiger partial charge is 0.490 e. The topological polar surface area (TPSA) is 87.8 Å². The van der Waals surface area contributed by atoms with E-state index in [0.717, 1.165) is 17.7 Å². The first-order valence-corrected chi connectivity index (χ1v) is 12.1. The molecule has 4 aromatic rings. The molecule has 2 aromatic heterocycles. The molecule has 36 heavy (non-hydrogen) atoms. The third kappa shape index (κ3) is 6.47. The predicted octanol–water partition coefficient (Wildman–Crippen LogP) is 5.72. The highest BCUT2D eigenvalue weighted by molar-refractivity contribution is 6.02. The minimum absolute atomic E-state index is 0.204. The van der Waals surface area contributed by atoms with Crippen LogP contribution in [0.1, 0.15) is 48.2 Å². The van der Waals surface area contributed by atoms with E-state index >= 15 is 0 Å². The quantitative estimate of drug-likeness (QED) is 0.274. The van der Waals surface area contributed by atoms with E-state index in [4.69, 9.17) is 18.6 Å². The van der Waals surface area contributed by atoms with Gasteiger partial charge in [0, 0.05) is 6.20 Å². The number of amides is 1. The van der Waals surface area contributed by atoms with Crippen LogP contribution in [-0.4, -0.2) is 28.9 Å². The Bertz CT molecular complexity index is 1280. The molecule has 0 spiro atoms. The summed E-state index contributed by atoms with van der Waals surface area (Å²) in [5.74, 6) is 2.59. The molecule has 0 bridgehead atoms. The molecular weight excluding hydrogens is 458 g/mol. The van der Waals surface area contributed by atoms with Crippen LogP contribution < -0.4 is 19.5 Å². The molecule has 2 aromatic carbocycles. The standard InChI is InChI=1S/C28H31N3O5/c1-4-20-7-10-23(11-8-20)35-19-24-12-14-26(36-24)28(32)30-22-16-29-31(18-22)17-21-9-13-25(33-5-2)27(15-21)34-6-3/h7-16,18H,4-6,17,19H2,1-3H3,(H,30,32). The van der Waals surface area contributed by atoms with Crippen molar-refractivity contribution in [2.75, 3.05) is 18.5 Å². The highest BCUT2D eigenvalue weighted by Crippen LogP contribution is 2.29. The normalized spacial score (nSPS) is 10.8. The second-order valence-corrected chi connectivity index (χ2v) is 8.08. The zero-order chi connectivity index (χ0) is 25.3. The van der Waals surface area contributed by atoms with Crippen molar-refractivity contribution in [3.8, 4) is 17.2 Å². The van der Waals surface area contributed by atoms with Gasteiger partial charge in [0.2, 0.25) is 0 Å². The van der Waals surface area contributed by atoms with Gasteiger partial charge < -0.3 is 23.9 Å². The molecule has 8 nitrogen and oxygen atoms in total. The highest BCUT2D eigenvalue weighted by atomic mass is 16.5. The van der Waals surface area contributed by atoms with Crippen molar-refractivity contribution in [2.45, 2.75) is 40.3 Å². The number of hydrogen-bond acceptors (Lipinski definition) is 6. The van der Waals surface area contributed by atoms with Crippen LogP contribution in [0.25, 0.3) is 0 Å². The van der Waals surface area contributed by atoms with Gasteiger partial charge in [0.05, 0.1) is 31.6 Å². The van der Waals surface area contributed by atoms with Gasteiger partial charge in [-0.2, -0.15) is 5.10 Å². The van der Waals surface area contributed by atoms with Crippen molar-refractivity contribution in [3.05, 3.63) is 89.6 Å². The molecule has 0 saturated carbocycles. The van der Waals surface area contributed by atoms with E-state index in [-0.39, 0.29) is 18.3 Å². The average molecular weight is 490 g/mol. The Balaban J connectivity index is 1.32. The second kappa shape index (κ2) is 12.0. The summed E-state index contributed by atoms with van der Waals surface area (Å²) in [6.45, 7) is 7.85. The molecule has 0 fully saturated rings. The van der Waals surface area contributed by atoms with Crippen molar-refractivity contribution < 1.29 is 23.4 Å². The summed E-state index contributed by atoms with van der Waals surface area (Å²) in [4.78, 5) is 12.6. The first kappa shape index (κ1) is 24.9. The lowest BCUT2D eigenvalue weighted by Crippen LogP contribution is -2.10. The lowest BCUT2D eigenvalue weighted by molar-refractivity contribution is 0.0992.